The van der Waals surface area contributed by atoms with Gasteiger partial charge in [0, 0.05) is 58.7 Å². The summed E-state index contributed by atoms with van der Waals surface area (Å²) in [6, 6.07) is 0. The lowest BCUT2D eigenvalue weighted by Crippen LogP contribution is -2.58. The molecule has 12 fully saturated rings. The molecule has 2 unspecified atom stereocenters. The van der Waals surface area contributed by atoms with Crippen LogP contribution >= 0.6 is 0 Å². The van der Waals surface area contributed by atoms with Crippen molar-refractivity contribution in [2.45, 2.75) is 475 Å². The summed E-state index contributed by atoms with van der Waals surface area (Å²) in [6.45, 7) is 95.3. The molecule has 0 spiro atoms. The minimum atomic E-state index is -3.99. The Morgan fingerprint density at radius 2 is 0.754 bits per heavy atom. The van der Waals surface area contributed by atoms with Crippen molar-refractivity contribution in [3.8, 4) is 0 Å². The third-order valence-electron chi connectivity index (χ3n) is 28.1. The average molecular weight is 1640 g/mol. The Balaban J connectivity index is 0.00000122. The number of hydrogen-bond acceptors (Lipinski definition) is 4. The van der Waals surface area contributed by atoms with Gasteiger partial charge in [-0.25, -0.2) is 22.0 Å². The predicted molar refractivity (Wildman–Crippen MR) is 479 cm³/mol. The van der Waals surface area contributed by atoms with Gasteiger partial charge < -0.3 is 18.9 Å². The molecule has 4 saturated heterocycles. The lowest BCUT2D eigenvalue weighted by atomic mass is 9.37. The van der Waals surface area contributed by atoms with Gasteiger partial charge in [0.25, 0.3) is 0 Å². The number of rotatable bonds is 4. The highest BCUT2D eigenvalue weighted by atomic mass is 19.4. The Morgan fingerprint density at radius 3 is 0.904 bits per heavy atom. The van der Waals surface area contributed by atoms with Gasteiger partial charge in [-0.2, -0.15) is 13.2 Å². The average Bonchev–Trinajstić information content (AvgIpc) is 0.952. The molecule has 114 heavy (non-hydrogen) atoms. The fraction of sp³-hybridized carbons (Fsp3) is 1.00. The largest absolute Gasteiger partial charge is 0.389 e. The van der Waals surface area contributed by atoms with Crippen LogP contribution in [0, 0.1) is 128 Å². The van der Waals surface area contributed by atoms with E-state index >= 15 is 0 Å². The Hall–Kier alpha value is -0.720. The van der Waals surface area contributed by atoms with Gasteiger partial charge in [0.2, 0.25) is 11.8 Å². The second-order valence-corrected chi connectivity index (χ2v) is 52.5. The van der Waals surface area contributed by atoms with E-state index in [9.17, 15) is 35.1 Å². The van der Waals surface area contributed by atoms with E-state index < -0.39 is 30.6 Å². The molecule has 0 amide bonds. The van der Waals surface area contributed by atoms with Gasteiger partial charge in [-0.1, -0.05) is 283 Å². The van der Waals surface area contributed by atoms with E-state index in [1.54, 1.807) is 20.8 Å². The summed E-state index contributed by atoms with van der Waals surface area (Å²) < 4.78 is 118. The molecule has 8 aliphatic carbocycles. The Kier molecular flexibility index (Phi) is 44.5. The molecule has 0 aromatic rings. The molecule has 0 N–H and O–H groups in total. The molecular formula is C102H198F8O4. The molecule has 0 radical (unpaired) electrons. The first-order valence-corrected chi connectivity index (χ1v) is 46.3. The van der Waals surface area contributed by atoms with E-state index in [-0.39, 0.29) is 47.8 Å². The zero-order valence-electron chi connectivity index (χ0n) is 83.5. The standard InChI is InChI=1S/C12H24.C11H22O.C10H20O.C9H16.C8H14F2.C8H15F.2C8H16.C7H13F3.C7H14F2.2C7H14O/c1-11(2,3)10-6-8-12(4,5)9-7-10;1-9(11(2,3)4)10-5-7-12-8-6-10;1-9(2,3)10(4)6-5-7-11-8-10;1-8(2,3)9-4-7(5-9)6-9;1-7(2,3)6-4-8(9,10)5-6;1-8(2,3)6-4-7(9)5-6;1-7(2,3)8(4)5-6-8;1-8(2,3)6-7-4-5-7;1-6(2,3)4-5-7(8,9)10;1-6(2,3)5-7(4,8)9;2*1-7(2)4-3-5-8-6-7/h10H,6-9H2,1-5H3;9-10H,5-8H2,1-4H3;5-8H2,1-4H3;7H,4-6H2,1-3H3;6H,4-5H2,1-3H3;6-7H,4-5H2,1-3H3;5-6H2,1-4H3;7H,4-6H2,1-3H3;4-5H2,1-3H3;5H2,1-4H3;2*3-6H2,1-2H3. The molecular weight excluding hydrogens is 1440 g/mol. The maximum Gasteiger partial charge on any atom is 0.389 e. The zero-order valence-corrected chi connectivity index (χ0v) is 83.5. The van der Waals surface area contributed by atoms with Gasteiger partial charge in [-0.3, -0.25) is 0 Å². The van der Waals surface area contributed by atoms with Crippen LogP contribution < -0.4 is 0 Å². The first-order valence-electron chi connectivity index (χ1n) is 46.3. The summed E-state index contributed by atoms with van der Waals surface area (Å²) in [5.41, 5.74) is 6.47. The van der Waals surface area contributed by atoms with E-state index in [0.717, 1.165) is 108 Å². The minimum absolute atomic E-state index is 0.0417. The van der Waals surface area contributed by atoms with Crippen LogP contribution in [0.4, 0.5) is 35.1 Å². The molecule has 12 aliphatic rings. The highest BCUT2D eigenvalue weighted by Crippen LogP contribution is 2.72. The molecule has 12 heteroatoms. The van der Waals surface area contributed by atoms with Crippen molar-refractivity contribution in [3.63, 3.8) is 0 Å². The van der Waals surface area contributed by atoms with Gasteiger partial charge >= 0.3 is 6.18 Å². The minimum Gasteiger partial charge on any atom is -0.381 e. The molecule has 0 aromatic heterocycles. The lowest BCUT2D eigenvalue weighted by molar-refractivity contribution is -0.181. The van der Waals surface area contributed by atoms with Crippen LogP contribution in [0.25, 0.3) is 0 Å². The van der Waals surface area contributed by atoms with E-state index in [1.165, 1.54) is 128 Å². The highest BCUT2D eigenvalue weighted by Gasteiger charge is 2.62. The smallest absolute Gasteiger partial charge is 0.381 e. The second-order valence-electron chi connectivity index (χ2n) is 52.5. The molecule has 12 rings (SSSR count). The third kappa shape index (κ3) is 50.8. The second kappa shape index (κ2) is 44.7. The third-order valence-corrected chi connectivity index (χ3v) is 28.1. The summed E-state index contributed by atoms with van der Waals surface area (Å²) in [5.74, 6) is 0.899. The van der Waals surface area contributed by atoms with Crippen molar-refractivity contribution in [3.05, 3.63) is 0 Å². The Bertz CT molecular complexity index is 2430. The fourth-order valence-corrected chi connectivity index (χ4v) is 16.4. The highest BCUT2D eigenvalue weighted by molar-refractivity contribution is 5.12. The normalized spacial score (nSPS) is 26.9. The predicted octanol–water partition coefficient (Wildman–Crippen LogP) is 34.6. The summed E-state index contributed by atoms with van der Waals surface area (Å²) in [7, 11) is 0. The van der Waals surface area contributed by atoms with Gasteiger partial charge in [-0.05, 0) is 270 Å². The first kappa shape index (κ1) is 113. The van der Waals surface area contributed by atoms with Crippen LogP contribution in [0.2, 0.25) is 0 Å². The molecule has 2 atom stereocenters. The van der Waals surface area contributed by atoms with Crippen LogP contribution in [0.15, 0.2) is 0 Å². The van der Waals surface area contributed by atoms with Crippen LogP contribution in [0.1, 0.15) is 450 Å². The molecule has 4 aliphatic heterocycles. The van der Waals surface area contributed by atoms with Crippen LogP contribution in [-0.2, 0) is 18.9 Å². The van der Waals surface area contributed by atoms with Crippen molar-refractivity contribution >= 4 is 0 Å². The van der Waals surface area contributed by atoms with Crippen LogP contribution in [-0.4, -0.2) is 77.0 Å². The zero-order chi connectivity index (χ0) is 89.7. The van der Waals surface area contributed by atoms with Crippen molar-refractivity contribution < 1.29 is 54.1 Å². The van der Waals surface area contributed by atoms with Gasteiger partial charge in [0.15, 0.2) is 0 Å². The van der Waals surface area contributed by atoms with Crippen molar-refractivity contribution in [1.29, 1.82) is 0 Å². The fourth-order valence-electron chi connectivity index (χ4n) is 16.4. The molecule has 0 aromatic carbocycles. The number of halogens is 8. The van der Waals surface area contributed by atoms with Crippen LogP contribution in [0.3, 0.4) is 0 Å². The van der Waals surface area contributed by atoms with E-state index in [1.807, 2.05) is 41.5 Å². The maximum absolute atomic E-state index is 12.3. The quantitative estimate of drug-likeness (QED) is 0.263. The summed E-state index contributed by atoms with van der Waals surface area (Å²) in [6.07, 6.45) is 24.7. The van der Waals surface area contributed by atoms with E-state index in [0.29, 0.717) is 70.9 Å². The van der Waals surface area contributed by atoms with Crippen LogP contribution in [0.5, 0.6) is 0 Å². The van der Waals surface area contributed by atoms with Gasteiger partial charge in [-0.15, -0.1) is 0 Å². The Morgan fingerprint density at radius 1 is 0.368 bits per heavy atom. The number of hydrogen-bond donors (Lipinski definition) is 0. The summed E-state index contributed by atoms with van der Waals surface area (Å²) >= 11 is 0. The number of ether oxygens (including phenoxy) is 4. The topological polar surface area (TPSA) is 36.9 Å². The van der Waals surface area contributed by atoms with Crippen molar-refractivity contribution in [1.82, 2.24) is 0 Å². The molecule has 8 saturated carbocycles. The van der Waals surface area contributed by atoms with Gasteiger partial charge in [0.05, 0.1) is 19.8 Å². The van der Waals surface area contributed by atoms with Crippen molar-refractivity contribution in [2.24, 2.45) is 128 Å². The lowest BCUT2D eigenvalue weighted by Gasteiger charge is -2.68. The first-order chi connectivity index (χ1) is 50.5. The summed E-state index contributed by atoms with van der Waals surface area (Å²) in [5, 5.41) is 0. The molecule has 686 valence electrons. The van der Waals surface area contributed by atoms with E-state index in [2.05, 4.69) is 208 Å². The Labute approximate surface area is 705 Å². The molecule has 4 heterocycles. The maximum atomic E-state index is 12.3. The molecule has 4 nitrogen and oxygen atoms in total. The van der Waals surface area contributed by atoms with E-state index in [4.69, 9.17) is 18.9 Å². The van der Waals surface area contributed by atoms with Gasteiger partial charge in [0.1, 0.15) is 6.17 Å². The molecule has 2 bridgehead atoms. The van der Waals surface area contributed by atoms with Crippen molar-refractivity contribution in [2.75, 3.05) is 52.9 Å². The SMILES string of the molecule is CC(C)(C)C1(C)CC1.CC(C)(C)C1(C)CCCOC1.CC(C)(C)C12CC(C1)C2.CC(C)(C)C1CC(F)(F)C1.CC(C)(C)C1CC(F)C1.CC(C)(C)CC(C)(F)F.CC(C)(C)CC1CC1.CC(C)(C)CCC(F)(F)F.CC(C1CCOCC1)C(C)(C)C.CC1(C)CCC(C(C)(C)C)CC1.CC1(C)CCCOC1.CC1(C)CCCOC1. The monoisotopic (exact) mass is 1640 g/mol. The summed E-state index contributed by atoms with van der Waals surface area (Å²) in [4.78, 5) is 0. The number of alkyl halides is 8.